The van der Waals surface area contributed by atoms with Gasteiger partial charge in [-0.2, -0.15) is 0 Å². The fraction of sp³-hybridized carbons (Fsp3) is 0.556. The highest BCUT2D eigenvalue weighted by Crippen LogP contribution is 2.39. The van der Waals surface area contributed by atoms with E-state index in [0.29, 0.717) is 17.7 Å². The molecule has 2 N–H and O–H groups in total. The normalized spacial score (nSPS) is 22.9. The van der Waals surface area contributed by atoms with Crippen LogP contribution >= 0.6 is 0 Å². The molecule has 2 fully saturated rings. The number of aliphatic carboxylic acids is 1. The van der Waals surface area contributed by atoms with Gasteiger partial charge in [0.25, 0.3) is 5.91 Å². The van der Waals surface area contributed by atoms with E-state index in [2.05, 4.69) is 5.32 Å². The van der Waals surface area contributed by atoms with Crippen LogP contribution in [0.5, 0.6) is 0 Å². The monoisotopic (exact) mass is 317 g/mol. The number of carboxylic acids is 1. The molecule has 1 aliphatic carbocycles. The zero-order valence-electron chi connectivity index (χ0n) is 13.2. The van der Waals surface area contributed by atoms with Crippen molar-refractivity contribution in [2.45, 2.75) is 56.6 Å². The molecule has 1 aromatic carbocycles. The molecule has 124 valence electrons. The first kappa shape index (κ1) is 16.0. The zero-order chi connectivity index (χ0) is 16.3. The molecule has 0 radical (unpaired) electrons. The number of benzene rings is 1. The lowest BCUT2D eigenvalue weighted by molar-refractivity contribution is -0.136. The van der Waals surface area contributed by atoms with Gasteiger partial charge in [-0.1, -0.05) is 31.4 Å². The standard InChI is InChI=1S/C18H23NO4/c20-16(21)12-13-5-4-6-14(11-13)17(22)19-15-7-10-23-18(15)8-2-1-3-9-18/h4-6,11,15H,1-3,7-10,12H2,(H,19,22)(H,20,21). The van der Waals surface area contributed by atoms with Gasteiger partial charge in [-0.25, -0.2) is 0 Å². The van der Waals surface area contributed by atoms with Crippen molar-refractivity contribution in [2.24, 2.45) is 0 Å². The Bertz CT molecular complexity index is 592. The minimum atomic E-state index is -0.895. The van der Waals surface area contributed by atoms with Gasteiger partial charge >= 0.3 is 5.97 Å². The highest BCUT2D eigenvalue weighted by Gasteiger charge is 2.45. The third kappa shape index (κ3) is 3.55. The number of rotatable bonds is 4. The van der Waals surface area contributed by atoms with Gasteiger partial charge in [0.05, 0.1) is 18.1 Å². The van der Waals surface area contributed by atoms with E-state index >= 15 is 0 Å². The maximum atomic E-state index is 12.6. The summed E-state index contributed by atoms with van der Waals surface area (Å²) in [5.41, 5.74) is 0.967. The molecule has 1 saturated carbocycles. The van der Waals surface area contributed by atoms with Crippen LogP contribution in [0.1, 0.15) is 54.4 Å². The van der Waals surface area contributed by atoms with Crippen molar-refractivity contribution < 1.29 is 19.4 Å². The molecule has 5 heteroatoms. The van der Waals surface area contributed by atoms with Crippen LogP contribution in [0, 0.1) is 0 Å². The topological polar surface area (TPSA) is 75.6 Å². The molecular weight excluding hydrogens is 294 g/mol. The van der Waals surface area contributed by atoms with Crippen LogP contribution in [-0.4, -0.2) is 35.2 Å². The molecule has 1 atom stereocenters. The van der Waals surface area contributed by atoms with Crippen molar-refractivity contribution in [3.63, 3.8) is 0 Å². The average molecular weight is 317 g/mol. The first-order valence-corrected chi connectivity index (χ1v) is 8.35. The number of hydrogen-bond donors (Lipinski definition) is 2. The number of amides is 1. The van der Waals surface area contributed by atoms with E-state index in [9.17, 15) is 9.59 Å². The Balaban J connectivity index is 1.70. The summed E-state index contributed by atoms with van der Waals surface area (Å²) < 4.78 is 6.01. The molecule has 1 aliphatic heterocycles. The Morgan fingerprint density at radius 1 is 1.26 bits per heavy atom. The van der Waals surface area contributed by atoms with Crippen LogP contribution in [0.25, 0.3) is 0 Å². The van der Waals surface area contributed by atoms with Gasteiger partial charge in [0.2, 0.25) is 0 Å². The Kier molecular flexibility index (Phi) is 4.66. The number of carboxylic acid groups (broad SMARTS) is 1. The molecule has 23 heavy (non-hydrogen) atoms. The number of hydrogen-bond acceptors (Lipinski definition) is 3. The van der Waals surface area contributed by atoms with Gasteiger partial charge in [-0.3, -0.25) is 9.59 Å². The maximum Gasteiger partial charge on any atom is 0.307 e. The summed E-state index contributed by atoms with van der Waals surface area (Å²) in [5.74, 6) is -1.04. The summed E-state index contributed by atoms with van der Waals surface area (Å²) in [7, 11) is 0. The van der Waals surface area contributed by atoms with E-state index in [1.807, 2.05) is 0 Å². The predicted octanol–water partition coefficient (Wildman–Crippen LogP) is 2.54. The van der Waals surface area contributed by atoms with Crippen LogP contribution in [0.4, 0.5) is 0 Å². The largest absolute Gasteiger partial charge is 0.481 e. The third-order valence-corrected chi connectivity index (χ3v) is 4.98. The minimum absolute atomic E-state index is 0.0541. The fourth-order valence-electron chi connectivity index (χ4n) is 3.83. The van der Waals surface area contributed by atoms with E-state index in [-0.39, 0.29) is 24.0 Å². The second-order valence-electron chi connectivity index (χ2n) is 6.56. The summed E-state index contributed by atoms with van der Waals surface area (Å²) in [5, 5.41) is 12.0. The van der Waals surface area contributed by atoms with Gasteiger partial charge in [0.15, 0.2) is 0 Å². The molecule has 1 amide bonds. The summed E-state index contributed by atoms with van der Waals surface area (Å²) >= 11 is 0. The third-order valence-electron chi connectivity index (χ3n) is 4.98. The highest BCUT2D eigenvalue weighted by atomic mass is 16.5. The van der Waals surface area contributed by atoms with Gasteiger partial charge in [-0.05, 0) is 37.0 Å². The maximum absolute atomic E-state index is 12.6. The highest BCUT2D eigenvalue weighted by molar-refractivity contribution is 5.94. The van der Waals surface area contributed by atoms with Crippen molar-refractivity contribution >= 4 is 11.9 Å². The Morgan fingerprint density at radius 3 is 2.78 bits per heavy atom. The van der Waals surface area contributed by atoms with Crippen LogP contribution in [0.3, 0.4) is 0 Å². The van der Waals surface area contributed by atoms with Gasteiger partial charge < -0.3 is 15.2 Å². The lowest BCUT2D eigenvalue weighted by Gasteiger charge is -2.38. The molecule has 0 bridgehead atoms. The van der Waals surface area contributed by atoms with Crippen molar-refractivity contribution in [3.8, 4) is 0 Å². The van der Waals surface area contributed by atoms with Crippen LogP contribution in [0.2, 0.25) is 0 Å². The summed E-state index contributed by atoms with van der Waals surface area (Å²) in [6.07, 6.45) is 6.34. The molecule has 1 spiro atoms. The van der Waals surface area contributed by atoms with E-state index in [4.69, 9.17) is 9.84 Å². The molecule has 1 aromatic rings. The molecule has 2 aliphatic rings. The molecule has 5 nitrogen and oxygen atoms in total. The average Bonchev–Trinajstić information content (AvgIpc) is 2.89. The Morgan fingerprint density at radius 2 is 2.04 bits per heavy atom. The second-order valence-corrected chi connectivity index (χ2v) is 6.56. The molecule has 1 unspecified atom stereocenters. The molecule has 3 rings (SSSR count). The van der Waals surface area contributed by atoms with Crippen LogP contribution in [-0.2, 0) is 16.0 Å². The predicted molar refractivity (Wildman–Crippen MR) is 85.4 cm³/mol. The first-order chi connectivity index (χ1) is 11.1. The molecule has 0 aromatic heterocycles. The van der Waals surface area contributed by atoms with E-state index < -0.39 is 5.97 Å². The Hall–Kier alpha value is -1.88. The number of ether oxygens (including phenoxy) is 1. The van der Waals surface area contributed by atoms with Crippen molar-refractivity contribution in [2.75, 3.05) is 6.61 Å². The minimum Gasteiger partial charge on any atom is -0.481 e. The number of carbonyl (C=O) groups is 2. The van der Waals surface area contributed by atoms with Gasteiger partial charge in [0, 0.05) is 12.2 Å². The lowest BCUT2D eigenvalue weighted by Crippen LogP contribution is -2.50. The number of carbonyl (C=O) groups excluding carboxylic acids is 1. The Labute approximate surface area is 136 Å². The van der Waals surface area contributed by atoms with Crippen LogP contribution in [0.15, 0.2) is 24.3 Å². The fourth-order valence-corrected chi connectivity index (χ4v) is 3.83. The van der Waals surface area contributed by atoms with Crippen molar-refractivity contribution in [1.29, 1.82) is 0 Å². The van der Waals surface area contributed by atoms with Crippen molar-refractivity contribution in [3.05, 3.63) is 35.4 Å². The van der Waals surface area contributed by atoms with Crippen molar-refractivity contribution in [1.82, 2.24) is 5.32 Å². The number of nitrogens with one attached hydrogen (secondary N) is 1. The van der Waals surface area contributed by atoms with E-state index in [1.54, 1.807) is 24.3 Å². The van der Waals surface area contributed by atoms with E-state index in [0.717, 1.165) is 32.1 Å². The molecule has 1 heterocycles. The quantitative estimate of drug-likeness (QED) is 0.895. The molecular formula is C18H23NO4. The van der Waals surface area contributed by atoms with E-state index in [1.165, 1.54) is 6.42 Å². The summed E-state index contributed by atoms with van der Waals surface area (Å²) in [4.78, 5) is 23.4. The zero-order valence-corrected chi connectivity index (χ0v) is 13.2. The van der Waals surface area contributed by atoms with Crippen LogP contribution < -0.4 is 5.32 Å². The first-order valence-electron chi connectivity index (χ1n) is 8.35. The second kappa shape index (κ2) is 6.71. The molecule has 1 saturated heterocycles. The lowest BCUT2D eigenvalue weighted by atomic mass is 9.79. The van der Waals surface area contributed by atoms with Gasteiger partial charge in [0.1, 0.15) is 0 Å². The summed E-state index contributed by atoms with van der Waals surface area (Å²) in [6, 6.07) is 6.90. The smallest absolute Gasteiger partial charge is 0.307 e. The SMILES string of the molecule is O=C(O)Cc1cccc(C(=O)NC2CCOC23CCCCC3)c1. The van der Waals surface area contributed by atoms with Gasteiger partial charge in [-0.15, -0.1) is 0 Å². The summed E-state index contributed by atoms with van der Waals surface area (Å²) in [6.45, 7) is 0.698.